The highest BCUT2D eigenvalue weighted by molar-refractivity contribution is 6.02. The second-order valence-corrected chi connectivity index (χ2v) is 5.50. The molecule has 0 aliphatic heterocycles. The van der Waals surface area contributed by atoms with E-state index in [-0.39, 0.29) is 22.0 Å². The molecule has 0 fully saturated rings. The molecule has 0 bridgehead atoms. The lowest BCUT2D eigenvalue weighted by Crippen LogP contribution is -2.11. The van der Waals surface area contributed by atoms with E-state index < -0.39 is 37.9 Å². The van der Waals surface area contributed by atoms with E-state index in [0.29, 0.717) is 6.07 Å². The van der Waals surface area contributed by atoms with Gasteiger partial charge in [-0.05, 0) is 12.1 Å². The predicted octanol–water partition coefficient (Wildman–Crippen LogP) is 3.78. The Hall–Kier alpha value is -4.41. The van der Waals surface area contributed by atoms with E-state index in [1.165, 1.54) is 42.5 Å². The third-order valence-corrected chi connectivity index (χ3v) is 3.83. The van der Waals surface area contributed by atoms with Crippen LogP contribution in [-0.4, -0.2) is 20.7 Å². The molecule has 140 valence electrons. The third kappa shape index (κ3) is 3.31. The van der Waals surface area contributed by atoms with Crippen molar-refractivity contribution in [1.82, 2.24) is 0 Å². The highest BCUT2D eigenvalue weighted by Crippen LogP contribution is 2.41. The fourth-order valence-electron chi connectivity index (χ4n) is 2.61. The second kappa shape index (κ2) is 7.07. The molecule has 0 spiro atoms. The summed E-state index contributed by atoms with van der Waals surface area (Å²) in [5, 5.41) is 33.5. The van der Waals surface area contributed by atoms with Gasteiger partial charge in [0.1, 0.15) is 0 Å². The van der Waals surface area contributed by atoms with Gasteiger partial charge in [0.2, 0.25) is 5.75 Å². The van der Waals surface area contributed by atoms with Crippen LogP contribution in [0.15, 0.2) is 54.6 Å². The first-order valence-corrected chi connectivity index (χ1v) is 7.60. The van der Waals surface area contributed by atoms with E-state index in [4.69, 9.17) is 4.74 Å². The third-order valence-electron chi connectivity index (χ3n) is 3.83. The molecule has 0 saturated carbocycles. The van der Waals surface area contributed by atoms with E-state index in [1.807, 2.05) is 0 Å². The monoisotopic (exact) mass is 383 g/mol. The zero-order chi connectivity index (χ0) is 20.4. The van der Waals surface area contributed by atoms with Gasteiger partial charge in [-0.2, -0.15) is 0 Å². The molecular weight excluding hydrogens is 374 g/mol. The number of hydrogen-bond donors (Lipinski definition) is 0. The number of rotatable bonds is 5. The van der Waals surface area contributed by atoms with Gasteiger partial charge < -0.3 is 4.74 Å². The van der Waals surface area contributed by atoms with Crippen LogP contribution in [-0.2, 0) is 0 Å². The van der Waals surface area contributed by atoms with Crippen LogP contribution in [0.25, 0.3) is 10.8 Å². The van der Waals surface area contributed by atoms with Crippen molar-refractivity contribution >= 4 is 33.8 Å². The van der Waals surface area contributed by atoms with Gasteiger partial charge in [-0.25, -0.2) is 4.79 Å². The molecule has 0 unspecified atom stereocenters. The van der Waals surface area contributed by atoms with Crippen LogP contribution in [0.3, 0.4) is 0 Å². The summed E-state index contributed by atoms with van der Waals surface area (Å²) in [4.78, 5) is 43.5. The quantitative estimate of drug-likeness (QED) is 0.279. The standard InChI is InChI=1S/C17H9N3O8/c21-17(10-4-3-5-11(8-10)18(22)23)28-16-13-7-2-1-6-12(13)14(19(24)25)9-15(16)20(26)27/h1-9H. The molecule has 0 saturated heterocycles. The zero-order valence-corrected chi connectivity index (χ0v) is 13.8. The maximum Gasteiger partial charge on any atom is 0.344 e. The number of carbonyl (C=O) groups is 1. The molecule has 28 heavy (non-hydrogen) atoms. The van der Waals surface area contributed by atoms with Gasteiger partial charge in [-0.3, -0.25) is 30.3 Å². The van der Waals surface area contributed by atoms with Crippen molar-refractivity contribution in [2.75, 3.05) is 0 Å². The number of non-ortho nitro benzene ring substituents is 2. The molecule has 0 amide bonds. The van der Waals surface area contributed by atoms with Crippen LogP contribution in [0.1, 0.15) is 10.4 Å². The van der Waals surface area contributed by atoms with Crippen molar-refractivity contribution in [2.24, 2.45) is 0 Å². The van der Waals surface area contributed by atoms with Gasteiger partial charge >= 0.3 is 11.7 Å². The number of esters is 1. The van der Waals surface area contributed by atoms with E-state index in [0.717, 1.165) is 6.07 Å². The van der Waals surface area contributed by atoms with Crippen molar-refractivity contribution in [3.05, 3.63) is 90.5 Å². The van der Waals surface area contributed by atoms with Gasteiger partial charge in [0.15, 0.2) is 0 Å². The van der Waals surface area contributed by atoms with Gasteiger partial charge in [0.25, 0.3) is 11.4 Å². The number of fused-ring (bicyclic) bond motifs is 1. The lowest BCUT2D eigenvalue weighted by Gasteiger charge is -2.09. The van der Waals surface area contributed by atoms with Crippen LogP contribution in [0, 0.1) is 30.3 Å². The fourth-order valence-corrected chi connectivity index (χ4v) is 2.61. The summed E-state index contributed by atoms with van der Waals surface area (Å²) >= 11 is 0. The number of carbonyl (C=O) groups excluding carboxylic acids is 1. The fraction of sp³-hybridized carbons (Fsp3) is 0. The molecule has 0 aliphatic carbocycles. The Kier molecular flexibility index (Phi) is 4.64. The number of ether oxygens (including phenoxy) is 1. The Bertz CT molecular complexity index is 1160. The van der Waals surface area contributed by atoms with Gasteiger partial charge in [0.05, 0.1) is 31.8 Å². The molecular formula is C17H9N3O8. The number of nitro benzene ring substituents is 3. The normalized spacial score (nSPS) is 10.4. The molecule has 3 aromatic rings. The molecule has 0 radical (unpaired) electrons. The minimum atomic E-state index is -1.08. The molecule has 11 heteroatoms. The Morgan fingerprint density at radius 2 is 1.39 bits per heavy atom. The molecule has 0 aliphatic rings. The van der Waals surface area contributed by atoms with Crippen LogP contribution >= 0.6 is 0 Å². The van der Waals surface area contributed by atoms with Crippen molar-refractivity contribution in [2.45, 2.75) is 0 Å². The number of hydrogen-bond acceptors (Lipinski definition) is 8. The largest absolute Gasteiger partial charge is 0.415 e. The zero-order valence-electron chi connectivity index (χ0n) is 13.8. The van der Waals surface area contributed by atoms with Crippen LogP contribution in [0.2, 0.25) is 0 Å². The second-order valence-electron chi connectivity index (χ2n) is 5.50. The van der Waals surface area contributed by atoms with Crippen molar-refractivity contribution < 1.29 is 24.3 Å². The minimum absolute atomic E-state index is 0.0119. The predicted molar refractivity (Wildman–Crippen MR) is 95.3 cm³/mol. The van der Waals surface area contributed by atoms with E-state index >= 15 is 0 Å². The summed E-state index contributed by atoms with van der Waals surface area (Å²) in [5.41, 5.74) is -1.86. The Balaban J connectivity index is 2.16. The summed E-state index contributed by atoms with van der Waals surface area (Å²) in [6, 6.07) is 11.0. The molecule has 3 rings (SSSR count). The SMILES string of the molecule is O=C(Oc1c([N+](=O)[O-])cc([N+](=O)[O-])c2ccccc12)c1cccc([N+](=O)[O-])c1. The average molecular weight is 383 g/mol. The maximum atomic E-state index is 12.4. The van der Waals surface area contributed by atoms with Crippen molar-refractivity contribution in [3.63, 3.8) is 0 Å². The van der Waals surface area contributed by atoms with Crippen LogP contribution in [0.5, 0.6) is 5.75 Å². The molecule has 0 heterocycles. The maximum absolute atomic E-state index is 12.4. The molecule has 0 atom stereocenters. The minimum Gasteiger partial charge on any atom is -0.415 e. The first-order chi connectivity index (χ1) is 13.3. The van der Waals surface area contributed by atoms with E-state index in [9.17, 15) is 35.1 Å². The lowest BCUT2D eigenvalue weighted by atomic mass is 10.1. The highest BCUT2D eigenvalue weighted by atomic mass is 16.6. The van der Waals surface area contributed by atoms with Crippen LogP contribution < -0.4 is 4.74 Å². The number of nitrogens with zero attached hydrogens (tertiary/aromatic N) is 3. The number of benzene rings is 3. The van der Waals surface area contributed by atoms with Crippen molar-refractivity contribution in [3.8, 4) is 5.75 Å². The highest BCUT2D eigenvalue weighted by Gasteiger charge is 2.28. The molecule has 0 aromatic heterocycles. The van der Waals surface area contributed by atoms with E-state index in [2.05, 4.69) is 0 Å². The molecule has 3 aromatic carbocycles. The van der Waals surface area contributed by atoms with Crippen molar-refractivity contribution in [1.29, 1.82) is 0 Å². The topological polar surface area (TPSA) is 156 Å². The molecule has 0 N–H and O–H groups in total. The van der Waals surface area contributed by atoms with Gasteiger partial charge in [-0.15, -0.1) is 0 Å². The first-order valence-electron chi connectivity index (χ1n) is 7.60. The summed E-state index contributed by atoms with van der Waals surface area (Å²) < 4.78 is 5.15. The van der Waals surface area contributed by atoms with E-state index in [1.54, 1.807) is 0 Å². The van der Waals surface area contributed by atoms with Gasteiger partial charge in [-0.1, -0.05) is 24.3 Å². The van der Waals surface area contributed by atoms with Crippen LogP contribution in [0.4, 0.5) is 17.1 Å². The Morgan fingerprint density at radius 1 is 0.750 bits per heavy atom. The Labute approximate surface area is 155 Å². The van der Waals surface area contributed by atoms with Gasteiger partial charge in [0, 0.05) is 17.5 Å². The smallest absolute Gasteiger partial charge is 0.344 e. The summed E-state index contributed by atoms with van der Waals surface area (Å²) in [6.45, 7) is 0. The molecule has 11 nitrogen and oxygen atoms in total. The average Bonchev–Trinajstić information content (AvgIpc) is 2.67. The summed E-state index contributed by atoms with van der Waals surface area (Å²) in [7, 11) is 0. The lowest BCUT2D eigenvalue weighted by molar-refractivity contribution is -0.393. The summed E-state index contributed by atoms with van der Waals surface area (Å²) in [5.74, 6) is -1.56. The Morgan fingerprint density at radius 3 is 2.00 bits per heavy atom. The first kappa shape index (κ1) is 18.4. The summed E-state index contributed by atoms with van der Waals surface area (Å²) in [6.07, 6.45) is 0. The number of nitro groups is 3.